The first-order valence-corrected chi connectivity index (χ1v) is 9.09. The molecule has 2 aliphatic heterocycles. The smallest absolute Gasteiger partial charge is 0.251 e. The Morgan fingerprint density at radius 2 is 2.12 bits per heavy atom. The van der Waals surface area contributed by atoms with Crippen LogP contribution in [-0.4, -0.2) is 76.9 Å². The van der Waals surface area contributed by atoms with Crippen molar-refractivity contribution >= 4 is 11.9 Å². The van der Waals surface area contributed by atoms with Gasteiger partial charge in [-0.3, -0.25) is 9.48 Å². The van der Waals surface area contributed by atoms with Crippen molar-refractivity contribution in [1.29, 1.82) is 0 Å². The van der Waals surface area contributed by atoms with Crippen LogP contribution in [0.15, 0.2) is 17.3 Å². The zero-order chi connectivity index (χ0) is 17.6. The van der Waals surface area contributed by atoms with Gasteiger partial charge in [-0.25, -0.2) is 4.99 Å². The fourth-order valence-electron chi connectivity index (χ4n) is 3.25. The molecule has 25 heavy (non-hydrogen) atoms. The molecule has 0 aromatic carbocycles. The van der Waals surface area contributed by atoms with Crippen molar-refractivity contribution in [2.75, 3.05) is 39.3 Å². The highest BCUT2D eigenvalue weighted by Gasteiger charge is 2.30. The van der Waals surface area contributed by atoms with Crippen molar-refractivity contribution in [3.63, 3.8) is 0 Å². The standard InChI is InChI=1S/C17H28N6O2/c1-3-18-17(19-13-14-6-7-20-21(14)2)23-10-8-22(9-11-23)16(24)15-5-4-12-25-15/h6-7,15H,3-5,8-13H2,1-2H3,(H,18,19). The Hall–Kier alpha value is -2.09. The average molecular weight is 348 g/mol. The minimum absolute atomic E-state index is 0.147. The number of rotatable bonds is 4. The first-order chi connectivity index (χ1) is 12.2. The Kier molecular flexibility index (Phi) is 5.91. The number of hydrogen-bond acceptors (Lipinski definition) is 4. The first kappa shape index (κ1) is 17.7. The third kappa shape index (κ3) is 4.31. The number of piperazine rings is 1. The van der Waals surface area contributed by atoms with Crippen LogP contribution < -0.4 is 5.32 Å². The van der Waals surface area contributed by atoms with Crippen molar-refractivity contribution in [3.05, 3.63) is 18.0 Å². The zero-order valence-corrected chi connectivity index (χ0v) is 15.1. The molecule has 0 radical (unpaired) electrons. The number of aryl methyl sites for hydroxylation is 1. The van der Waals surface area contributed by atoms with Gasteiger partial charge in [0.1, 0.15) is 6.10 Å². The molecule has 0 saturated carbocycles. The summed E-state index contributed by atoms with van der Waals surface area (Å²) >= 11 is 0. The molecule has 8 nitrogen and oxygen atoms in total. The maximum Gasteiger partial charge on any atom is 0.251 e. The van der Waals surface area contributed by atoms with E-state index in [1.807, 2.05) is 22.7 Å². The quantitative estimate of drug-likeness (QED) is 0.622. The van der Waals surface area contributed by atoms with Gasteiger partial charge in [0.25, 0.3) is 5.91 Å². The number of aromatic nitrogens is 2. The molecule has 1 N–H and O–H groups in total. The van der Waals surface area contributed by atoms with Crippen molar-refractivity contribution in [2.45, 2.75) is 32.4 Å². The summed E-state index contributed by atoms with van der Waals surface area (Å²) in [7, 11) is 1.92. The molecule has 1 aromatic rings. The molecular weight excluding hydrogens is 320 g/mol. The van der Waals surface area contributed by atoms with E-state index in [9.17, 15) is 4.79 Å². The fraction of sp³-hybridized carbons (Fsp3) is 0.706. The predicted octanol–water partition coefficient (Wildman–Crippen LogP) is 0.209. The van der Waals surface area contributed by atoms with E-state index < -0.39 is 0 Å². The van der Waals surface area contributed by atoms with Crippen LogP contribution in [0.1, 0.15) is 25.5 Å². The Morgan fingerprint density at radius 3 is 2.72 bits per heavy atom. The number of ether oxygens (including phenoxy) is 1. The Bertz CT molecular complexity index is 600. The second-order valence-corrected chi connectivity index (χ2v) is 6.43. The van der Waals surface area contributed by atoms with E-state index in [1.165, 1.54) is 0 Å². The van der Waals surface area contributed by atoms with Gasteiger partial charge in [-0.1, -0.05) is 0 Å². The van der Waals surface area contributed by atoms with Gasteiger partial charge in [-0.2, -0.15) is 5.10 Å². The van der Waals surface area contributed by atoms with Gasteiger partial charge in [0.2, 0.25) is 0 Å². The van der Waals surface area contributed by atoms with E-state index in [0.29, 0.717) is 13.2 Å². The highest BCUT2D eigenvalue weighted by atomic mass is 16.5. The summed E-state index contributed by atoms with van der Waals surface area (Å²) < 4.78 is 7.36. The number of nitrogens with one attached hydrogen (secondary N) is 1. The minimum atomic E-state index is -0.224. The fourth-order valence-corrected chi connectivity index (χ4v) is 3.25. The number of carbonyl (C=O) groups is 1. The Morgan fingerprint density at radius 1 is 1.36 bits per heavy atom. The summed E-state index contributed by atoms with van der Waals surface area (Å²) in [6.45, 7) is 7.20. The highest BCUT2D eigenvalue weighted by Crippen LogP contribution is 2.16. The summed E-state index contributed by atoms with van der Waals surface area (Å²) in [6, 6.07) is 1.98. The topological polar surface area (TPSA) is 75.0 Å². The third-order valence-corrected chi connectivity index (χ3v) is 4.74. The maximum absolute atomic E-state index is 12.4. The van der Waals surface area contributed by atoms with Crippen LogP contribution in [0.4, 0.5) is 0 Å². The van der Waals surface area contributed by atoms with Crippen molar-refractivity contribution in [3.8, 4) is 0 Å². The van der Waals surface area contributed by atoms with E-state index >= 15 is 0 Å². The highest BCUT2D eigenvalue weighted by molar-refractivity contribution is 5.82. The Labute approximate surface area is 148 Å². The SMILES string of the molecule is CCNC(=NCc1ccnn1C)N1CCN(C(=O)C2CCCO2)CC1. The molecule has 0 spiro atoms. The van der Waals surface area contributed by atoms with Gasteiger partial charge in [0.15, 0.2) is 5.96 Å². The third-order valence-electron chi connectivity index (χ3n) is 4.74. The van der Waals surface area contributed by atoms with Crippen LogP contribution in [0.5, 0.6) is 0 Å². The van der Waals surface area contributed by atoms with E-state index in [1.54, 1.807) is 6.20 Å². The minimum Gasteiger partial charge on any atom is -0.368 e. The van der Waals surface area contributed by atoms with Gasteiger partial charge in [0.05, 0.1) is 12.2 Å². The molecule has 3 heterocycles. The predicted molar refractivity (Wildman–Crippen MR) is 95.2 cm³/mol. The molecule has 1 unspecified atom stereocenters. The summed E-state index contributed by atoms with van der Waals surface area (Å²) in [4.78, 5) is 21.3. The second kappa shape index (κ2) is 8.33. The molecule has 3 rings (SSSR count). The van der Waals surface area contributed by atoms with Crippen LogP contribution in [0.25, 0.3) is 0 Å². The molecule has 1 aromatic heterocycles. The largest absolute Gasteiger partial charge is 0.368 e. The van der Waals surface area contributed by atoms with Gasteiger partial charge < -0.3 is 19.9 Å². The van der Waals surface area contributed by atoms with Gasteiger partial charge in [0, 0.05) is 52.6 Å². The van der Waals surface area contributed by atoms with Crippen molar-refractivity contribution < 1.29 is 9.53 Å². The monoisotopic (exact) mass is 348 g/mol. The van der Waals surface area contributed by atoms with Crippen LogP contribution in [-0.2, 0) is 23.1 Å². The molecule has 0 bridgehead atoms. The summed E-state index contributed by atoms with van der Waals surface area (Å²) in [5.74, 6) is 1.04. The maximum atomic E-state index is 12.4. The summed E-state index contributed by atoms with van der Waals surface area (Å²) in [5.41, 5.74) is 1.07. The number of guanidine groups is 1. The lowest BCUT2D eigenvalue weighted by Crippen LogP contribution is -2.55. The molecule has 138 valence electrons. The zero-order valence-electron chi connectivity index (χ0n) is 15.1. The first-order valence-electron chi connectivity index (χ1n) is 9.09. The number of aliphatic imine (C=N–C) groups is 1. The Balaban J connectivity index is 1.56. The van der Waals surface area contributed by atoms with E-state index in [-0.39, 0.29) is 12.0 Å². The van der Waals surface area contributed by atoms with Crippen LogP contribution in [0.3, 0.4) is 0 Å². The molecular formula is C17H28N6O2. The molecule has 1 atom stereocenters. The lowest BCUT2D eigenvalue weighted by Gasteiger charge is -2.37. The molecule has 1 amide bonds. The van der Waals surface area contributed by atoms with Crippen LogP contribution in [0.2, 0.25) is 0 Å². The summed E-state index contributed by atoms with van der Waals surface area (Å²) in [5, 5.41) is 7.53. The number of amides is 1. The van der Waals surface area contributed by atoms with Crippen LogP contribution >= 0.6 is 0 Å². The average Bonchev–Trinajstić information content (AvgIpc) is 3.30. The van der Waals surface area contributed by atoms with Crippen molar-refractivity contribution in [2.24, 2.45) is 12.0 Å². The molecule has 8 heteroatoms. The van der Waals surface area contributed by atoms with Crippen molar-refractivity contribution in [1.82, 2.24) is 24.9 Å². The molecule has 2 saturated heterocycles. The lowest BCUT2D eigenvalue weighted by atomic mass is 10.2. The number of nitrogens with zero attached hydrogens (tertiary/aromatic N) is 5. The molecule has 2 fully saturated rings. The van der Waals surface area contributed by atoms with E-state index in [0.717, 1.165) is 57.2 Å². The van der Waals surface area contributed by atoms with Gasteiger partial charge >= 0.3 is 0 Å². The van der Waals surface area contributed by atoms with E-state index in [2.05, 4.69) is 22.2 Å². The normalized spacial score (nSPS) is 21.7. The number of carbonyl (C=O) groups excluding carboxylic acids is 1. The van der Waals surface area contributed by atoms with E-state index in [4.69, 9.17) is 9.73 Å². The van der Waals surface area contributed by atoms with Gasteiger partial charge in [-0.15, -0.1) is 0 Å². The second-order valence-electron chi connectivity index (χ2n) is 6.43. The van der Waals surface area contributed by atoms with Gasteiger partial charge in [-0.05, 0) is 25.8 Å². The molecule has 2 aliphatic rings. The number of hydrogen-bond donors (Lipinski definition) is 1. The van der Waals surface area contributed by atoms with Crippen LogP contribution in [0, 0.1) is 0 Å². The molecule has 0 aliphatic carbocycles. The lowest BCUT2D eigenvalue weighted by molar-refractivity contribution is -0.142. The summed E-state index contributed by atoms with van der Waals surface area (Å²) in [6.07, 6.45) is 3.40.